The van der Waals surface area contributed by atoms with Gasteiger partial charge in [-0.15, -0.1) is 12.4 Å². The lowest BCUT2D eigenvalue weighted by molar-refractivity contribution is -0.117. The lowest BCUT2D eigenvalue weighted by Crippen LogP contribution is -2.46. The lowest BCUT2D eigenvalue weighted by atomic mass is 9.91. The molecular formula is C22H28ClNO2. The minimum atomic E-state index is 0. The quantitative estimate of drug-likeness (QED) is 0.761. The monoisotopic (exact) mass is 373 g/mol. The van der Waals surface area contributed by atoms with Gasteiger partial charge in [-0.3, -0.25) is 9.69 Å². The zero-order chi connectivity index (χ0) is 17.2. The summed E-state index contributed by atoms with van der Waals surface area (Å²) in [5.74, 6) is 0.381. The molecule has 4 rings (SSSR count). The zero-order valence-electron chi connectivity index (χ0n) is 15.4. The Labute approximate surface area is 162 Å². The molecule has 26 heavy (non-hydrogen) atoms. The molecule has 0 spiro atoms. The number of fused-ring (bicyclic) bond motifs is 1. The van der Waals surface area contributed by atoms with Crippen molar-refractivity contribution in [3.63, 3.8) is 0 Å². The summed E-state index contributed by atoms with van der Waals surface area (Å²) in [6.45, 7) is 3.70. The number of Topliss-reactive ketones (excluding diaryl/α,β-unsaturated/α-hetero) is 1. The first-order valence-electron chi connectivity index (χ1n) is 9.61. The highest BCUT2D eigenvalue weighted by molar-refractivity contribution is 5.86. The first kappa shape index (κ1) is 19.3. The molecule has 3 unspecified atom stereocenters. The SMILES string of the molecule is CC(OC1CCCCC1N1CCC(=O)C1)c1cccc2ccccc12.Cl. The van der Waals surface area contributed by atoms with Crippen molar-refractivity contribution < 1.29 is 9.53 Å². The van der Waals surface area contributed by atoms with Gasteiger partial charge in [0.25, 0.3) is 0 Å². The van der Waals surface area contributed by atoms with Gasteiger partial charge in [0.15, 0.2) is 0 Å². The van der Waals surface area contributed by atoms with Crippen molar-refractivity contribution in [2.75, 3.05) is 13.1 Å². The highest BCUT2D eigenvalue weighted by atomic mass is 35.5. The van der Waals surface area contributed by atoms with Crippen LogP contribution in [0.3, 0.4) is 0 Å². The van der Waals surface area contributed by atoms with E-state index in [1.807, 2.05) is 0 Å². The van der Waals surface area contributed by atoms with Crippen LogP contribution in [0.15, 0.2) is 42.5 Å². The molecule has 1 heterocycles. The predicted octanol–water partition coefficient (Wildman–Crippen LogP) is 4.93. The molecule has 1 aliphatic heterocycles. The second-order valence-corrected chi connectivity index (χ2v) is 7.50. The Kier molecular flexibility index (Phi) is 6.33. The van der Waals surface area contributed by atoms with Gasteiger partial charge >= 0.3 is 0 Å². The fraction of sp³-hybridized carbons (Fsp3) is 0.500. The topological polar surface area (TPSA) is 29.5 Å². The Morgan fingerprint density at radius 1 is 1.08 bits per heavy atom. The Bertz CT molecular complexity index is 757. The number of likely N-dealkylation sites (tertiary alicyclic amines) is 1. The summed E-state index contributed by atoms with van der Waals surface area (Å²) in [6.07, 6.45) is 5.74. The molecule has 2 aliphatic rings. The average molecular weight is 374 g/mol. The second kappa shape index (κ2) is 8.51. The van der Waals surface area contributed by atoms with Crippen molar-refractivity contribution in [1.82, 2.24) is 4.90 Å². The van der Waals surface area contributed by atoms with Crippen LogP contribution in [-0.4, -0.2) is 35.9 Å². The highest BCUT2D eigenvalue weighted by Gasteiger charge is 2.35. The molecule has 2 aromatic carbocycles. The number of hydrogen-bond acceptors (Lipinski definition) is 3. The van der Waals surface area contributed by atoms with Crippen LogP contribution >= 0.6 is 12.4 Å². The van der Waals surface area contributed by atoms with Gasteiger partial charge in [-0.05, 0) is 36.1 Å². The molecule has 2 aromatic rings. The van der Waals surface area contributed by atoms with Crippen molar-refractivity contribution in [2.24, 2.45) is 0 Å². The van der Waals surface area contributed by atoms with Gasteiger partial charge in [-0.25, -0.2) is 0 Å². The number of carbonyl (C=O) groups is 1. The summed E-state index contributed by atoms with van der Waals surface area (Å²) in [5.41, 5.74) is 1.26. The minimum Gasteiger partial charge on any atom is -0.369 e. The average Bonchev–Trinajstić information content (AvgIpc) is 3.08. The Balaban J connectivity index is 0.00000196. The largest absolute Gasteiger partial charge is 0.369 e. The van der Waals surface area contributed by atoms with Gasteiger partial charge in [-0.2, -0.15) is 0 Å². The van der Waals surface area contributed by atoms with E-state index in [9.17, 15) is 4.79 Å². The first-order valence-corrected chi connectivity index (χ1v) is 9.61. The van der Waals surface area contributed by atoms with Gasteiger partial charge in [0.05, 0.1) is 18.8 Å². The van der Waals surface area contributed by atoms with Crippen molar-refractivity contribution in [2.45, 2.75) is 57.3 Å². The molecule has 4 heteroatoms. The van der Waals surface area contributed by atoms with Crippen LogP contribution in [0.1, 0.15) is 50.7 Å². The number of carbonyl (C=O) groups excluding carboxylic acids is 1. The number of ether oxygens (including phenoxy) is 1. The Morgan fingerprint density at radius 3 is 2.65 bits per heavy atom. The number of rotatable bonds is 4. The van der Waals surface area contributed by atoms with Crippen LogP contribution in [-0.2, 0) is 9.53 Å². The van der Waals surface area contributed by atoms with Crippen LogP contribution in [0.25, 0.3) is 10.8 Å². The predicted molar refractivity (Wildman–Crippen MR) is 108 cm³/mol. The molecular weight excluding hydrogens is 346 g/mol. The Hall–Kier alpha value is -1.42. The number of nitrogens with zero attached hydrogens (tertiary/aromatic N) is 1. The molecule has 2 fully saturated rings. The van der Waals surface area contributed by atoms with E-state index in [1.54, 1.807) is 0 Å². The molecule has 0 aromatic heterocycles. The van der Waals surface area contributed by atoms with Crippen LogP contribution in [0, 0.1) is 0 Å². The van der Waals surface area contributed by atoms with E-state index in [0.29, 0.717) is 24.8 Å². The summed E-state index contributed by atoms with van der Waals surface area (Å²) in [6, 6.07) is 15.4. The fourth-order valence-electron chi connectivity index (χ4n) is 4.53. The van der Waals surface area contributed by atoms with Crippen molar-refractivity contribution >= 4 is 29.0 Å². The summed E-state index contributed by atoms with van der Waals surface area (Å²) in [4.78, 5) is 14.1. The standard InChI is InChI=1S/C22H27NO2.ClH/c1-16(19-10-6-8-17-7-2-3-9-20(17)19)25-22-12-5-4-11-21(22)23-14-13-18(24)15-23;/h2-3,6-10,16,21-22H,4-5,11-15H2,1H3;1H. The second-order valence-electron chi connectivity index (χ2n) is 7.50. The van der Waals surface area contributed by atoms with E-state index in [2.05, 4.69) is 54.3 Å². The first-order chi connectivity index (χ1) is 12.2. The molecule has 1 saturated heterocycles. The highest BCUT2D eigenvalue weighted by Crippen LogP contribution is 2.33. The van der Waals surface area contributed by atoms with Gasteiger partial charge in [0, 0.05) is 19.0 Å². The van der Waals surface area contributed by atoms with Crippen LogP contribution in [0.5, 0.6) is 0 Å². The smallest absolute Gasteiger partial charge is 0.148 e. The van der Waals surface area contributed by atoms with E-state index >= 15 is 0 Å². The number of ketones is 1. The third-order valence-corrected chi connectivity index (χ3v) is 5.83. The maximum atomic E-state index is 11.7. The Morgan fingerprint density at radius 2 is 1.85 bits per heavy atom. The van der Waals surface area contributed by atoms with E-state index in [0.717, 1.165) is 19.4 Å². The van der Waals surface area contributed by atoms with Crippen molar-refractivity contribution in [1.29, 1.82) is 0 Å². The molecule has 0 N–H and O–H groups in total. The molecule has 1 aliphatic carbocycles. The number of halogens is 1. The molecule has 1 saturated carbocycles. The number of benzene rings is 2. The maximum absolute atomic E-state index is 11.7. The van der Waals surface area contributed by atoms with Crippen LogP contribution in [0.4, 0.5) is 0 Å². The normalized spacial score (nSPS) is 25.2. The maximum Gasteiger partial charge on any atom is 0.148 e. The molecule has 0 radical (unpaired) electrons. The van der Waals surface area contributed by atoms with Crippen LogP contribution < -0.4 is 0 Å². The zero-order valence-corrected chi connectivity index (χ0v) is 16.2. The van der Waals surface area contributed by atoms with Gasteiger partial charge in [-0.1, -0.05) is 55.3 Å². The van der Waals surface area contributed by atoms with E-state index in [-0.39, 0.29) is 24.6 Å². The van der Waals surface area contributed by atoms with Gasteiger partial charge < -0.3 is 4.74 Å². The summed E-state index contributed by atoms with van der Waals surface area (Å²) >= 11 is 0. The minimum absolute atomic E-state index is 0. The third kappa shape index (κ3) is 3.95. The summed E-state index contributed by atoms with van der Waals surface area (Å²) < 4.78 is 6.59. The van der Waals surface area contributed by atoms with E-state index in [1.165, 1.54) is 29.2 Å². The summed E-state index contributed by atoms with van der Waals surface area (Å²) in [5, 5.41) is 2.54. The number of hydrogen-bond donors (Lipinski definition) is 0. The summed E-state index contributed by atoms with van der Waals surface area (Å²) in [7, 11) is 0. The van der Waals surface area contributed by atoms with Crippen molar-refractivity contribution in [3.05, 3.63) is 48.0 Å². The molecule has 140 valence electrons. The molecule has 3 nitrogen and oxygen atoms in total. The third-order valence-electron chi connectivity index (χ3n) is 5.83. The fourth-order valence-corrected chi connectivity index (χ4v) is 4.53. The van der Waals surface area contributed by atoms with Gasteiger partial charge in [0.1, 0.15) is 5.78 Å². The lowest BCUT2D eigenvalue weighted by Gasteiger charge is -2.38. The van der Waals surface area contributed by atoms with Gasteiger partial charge in [0.2, 0.25) is 0 Å². The molecule has 0 bridgehead atoms. The molecule has 0 amide bonds. The van der Waals surface area contributed by atoms with E-state index in [4.69, 9.17) is 4.74 Å². The van der Waals surface area contributed by atoms with E-state index < -0.39 is 0 Å². The molecule has 3 atom stereocenters. The van der Waals surface area contributed by atoms with Crippen LogP contribution in [0.2, 0.25) is 0 Å². The van der Waals surface area contributed by atoms with Crippen molar-refractivity contribution in [3.8, 4) is 0 Å².